The van der Waals surface area contributed by atoms with Gasteiger partial charge in [0.15, 0.2) is 0 Å². The number of pyridine rings is 1. The van der Waals surface area contributed by atoms with Gasteiger partial charge in [0.2, 0.25) is 0 Å². The van der Waals surface area contributed by atoms with Gasteiger partial charge in [-0.2, -0.15) is 0 Å². The SMILES string of the molecule is COc1ccccc1C=Cc1nc2ccc(Cl)cn2c1NC1CCCCC1. The van der Waals surface area contributed by atoms with E-state index in [1.165, 1.54) is 32.1 Å². The quantitative estimate of drug-likeness (QED) is 0.596. The Balaban J connectivity index is 1.72. The first-order chi connectivity index (χ1) is 13.2. The summed E-state index contributed by atoms with van der Waals surface area (Å²) in [5.41, 5.74) is 2.82. The van der Waals surface area contributed by atoms with Crippen molar-refractivity contribution in [2.24, 2.45) is 0 Å². The lowest BCUT2D eigenvalue weighted by molar-refractivity contribution is 0.414. The van der Waals surface area contributed by atoms with Gasteiger partial charge in [-0.1, -0.05) is 49.1 Å². The van der Waals surface area contributed by atoms with E-state index in [4.69, 9.17) is 21.3 Å². The molecule has 0 aliphatic heterocycles. The van der Waals surface area contributed by atoms with Crippen LogP contribution in [0.4, 0.5) is 5.82 Å². The van der Waals surface area contributed by atoms with Gasteiger partial charge in [0.1, 0.15) is 22.9 Å². The number of methoxy groups -OCH3 is 1. The van der Waals surface area contributed by atoms with Gasteiger partial charge < -0.3 is 10.1 Å². The third kappa shape index (κ3) is 3.96. The van der Waals surface area contributed by atoms with Crippen LogP contribution in [0.2, 0.25) is 5.02 Å². The van der Waals surface area contributed by atoms with Gasteiger partial charge in [-0.3, -0.25) is 4.40 Å². The highest BCUT2D eigenvalue weighted by Gasteiger charge is 2.18. The number of hydrogen-bond acceptors (Lipinski definition) is 3. The highest BCUT2D eigenvalue weighted by molar-refractivity contribution is 6.30. The van der Waals surface area contributed by atoms with E-state index in [2.05, 4.69) is 9.72 Å². The molecule has 27 heavy (non-hydrogen) atoms. The predicted molar refractivity (Wildman–Crippen MR) is 113 cm³/mol. The fourth-order valence-electron chi connectivity index (χ4n) is 3.71. The van der Waals surface area contributed by atoms with E-state index in [-0.39, 0.29) is 0 Å². The van der Waals surface area contributed by atoms with Crippen molar-refractivity contribution >= 4 is 35.2 Å². The molecule has 0 unspecified atom stereocenters. The zero-order valence-corrected chi connectivity index (χ0v) is 16.2. The summed E-state index contributed by atoms with van der Waals surface area (Å²) in [7, 11) is 1.69. The second-order valence-electron chi connectivity index (χ2n) is 6.98. The molecule has 0 bridgehead atoms. The maximum Gasteiger partial charge on any atom is 0.139 e. The molecule has 140 valence electrons. The maximum absolute atomic E-state index is 6.24. The van der Waals surface area contributed by atoms with E-state index in [0.717, 1.165) is 28.5 Å². The first kappa shape index (κ1) is 17.9. The Kier molecular flexibility index (Phi) is 5.35. The van der Waals surface area contributed by atoms with E-state index in [1.54, 1.807) is 7.11 Å². The molecule has 0 atom stereocenters. The summed E-state index contributed by atoms with van der Waals surface area (Å²) in [4.78, 5) is 4.80. The Labute approximate surface area is 164 Å². The van der Waals surface area contributed by atoms with Crippen LogP contribution in [0.3, 0.4) is 0 Å². The van der Waals surface area contributed by atoms with Gasteiger partial charge in [0.25, 0.3) is 0 Å². The topological polar surface area (TPSA) is 38.6 Å². The number of nitrogens with zero attached hydrogens (tertiary/aromatic N) is 2. The van der Waals surface area contributed by atoms with Crippen LogP contribution in [0.15, 0.2) is 42.6 Å². The van der Waals surface area contributed by atoms with Crippen LogP contribution in [-0.4, -0.2) is 22.5 Å². The van der Waals surface area contributed by atoms with Gasteiger partial charge >= 0.3 is 0 Å². The van der Waals surface area contributed by atoms with Crippen molar-refractivity contribution < 1.29 is 4.74 Å². The zero-order chi connectivity index (χ0) is 18.6. The van der Waals surface area contributed by atoms with Crippen molar-refractivity contribution in [3.8, 4) is 5.75 Å². The molecule has 1 aliphatic rings. The van der Waals surface area contributed by atoms with Gasteiger partial charge in [-0.05, 0) is 43.2 Å². The van der Waals surface area contributed by atoms with E-state index in [9.17, 15) is 0 Å². The highest BCUT2D eigenvalue weighted by atomic mass is 35.5. The summed E-state index contributed by atoms with van der Waals surface area (Å²) in [6, 6.07) is 12.3. The van der Waals surface area contributed by atoms with Gasteiger partial charge in [-0.15, -0.1) is 0 Å². The summed E-state index contributed by atoms with van der Waals surface area (Å²) < 4.78 is 7.50. The molecule has 0 spiro atoms. The summed E-state index contributed by atoms with van der Waals surface area (Å²) in [5, 5.41) is 4.42. The Morgan fingerprint density at radius 3 is 2.74 bits per heavy atom. The second kappa shape index (κ2) is 8.05. The monoisotopic (exact) mass is 381 g/mol. The van der Waals surface area contributed by atoms with Crippen molar-refractivity contribution in [1.29, 1.82) is 0 Å². The normalized spacial score (nSPS) is 15.5. The van der Waals surface area contributed by atoms with Crippen LogP contribution in [0.5, 0.6) is 5.75 Å². The predicted octanol–water partition coefficient (Wildman–Crippen LogP) is 5.91. The lowest BCUT2D eigenvalue weighted by Gasteiger charge is -2.23. The van der Waals surface area contributed by atoms with Crippen LogP contribution >= 0.6 is 11.6 Å². The molecule has 1 saturated carbocycles. The minimum Gasteiger partial charge on any atom is -0.496 e. The van der Waals surface area contributed by atoms with E-state index < -0.39 is 0 Å². The lowest BCUT2D eigenvalue weighted by atomic mass is 9.95. The van der Waals surface area contributed by atoms with Crippen LogP contribution < -0.4 is 10.1 Å². The van der Waals surface area contributed by atoms with Gasteiger partial charge in [0, 0.05) is 17.8 Å². The van der Waals surface area contributed by atoms with Crippen LogP contribution in [-0.2, 0) is 0 Å². The van der Waals surface area contributed by atoms with E-state index >= 15 is 0 Å². The molecular formula is C22H24ClN3O. The van der Waals surface area contributed by atoms with Crippen LogP contribution in [0, 0.1) is 0 Å². The largest absolute Gasteiger partial charge is 0.496 e. The second-order valence-corrected chi connectivity index (χ2v) is 7.41. The molecule has 1 N–H and O–H groups in total. The van der Waals surface area contributed by atoms with Gasteiger partial charge in [0.05, 0.1) is 12.1 Å². The average molecular weight is 382 g/mol. The summed E-state index contributed by atoms with van der Waals surface area (Å²) in [6.45, 7) is 0. The van der Waals surface area contributed by atoms with Crippen molar-refractivity contribution in [2.45, 2.75) is 38.1 Å². The molecule has 0 saturated heterocycles. The van der Waals surface area contributed by atoms with E-state index in [1.807, 2.05) is 54.7 Å². The molecule has 4 rings (SSSR count). The van der Waals surface area contributed by atoms with Crippen molar-refractivity contribution in [3.05, 3.63) is 58.9 Å². The minimum absolute atomic E-state index is 0.482. The van der Waals surface area contributed by atoms with Crippen molar-refractivity contribution in [2.75, 3.05) is 12.4 Å². The third-order valence-electron chi connectivity index (χ3n) is 5.12. The molecule has 4 nitrogen and oxygen atoms in total. The zero-order valence-electron chi connectivity index (χ0n) is 15.5. The minimum atomic E-state index is 0.482. The van der Waals surface area contributed by atoms with Crippen molar-refractivity contribution in [1.82, 2.24) is 9.38 Å². The number of aromatic nitrogens is 2. The molecule has 1 fully saturated rings. The number of rotatable bonds is 5. The molecular weight excluding hydrogens is 358 g/mol. The molecule has 0 radical (unpaired) electrons. The molecule has 5 heteroatoms. The fourth-order valence-corrected chi connectivity index (χ4v) is 3.87. The highest BCUT2D eigenvalue weighted by Crippen LogP contribution is 2.28. The number of nitrogens with one attached hydrogen (secondary N) is 1. The Morgan fingerprint density at radius 1 is 1.11 bits per heavy atom. The molecule has 2 aromatic heterocycles. The first-order valence-electron chi connectivity index (χ1n) is 9.50. The fraction of sp³-hybridized carbons (Fsp3) is 0.318. The molecule has 3 aromatic rings. The van der Waals surface area contributed by atoms with E-state index in [0.29, 0.717) is 11.1 Å². The Bertz CT molecular complexity index is 957. The lowest BCUT2D eigenvalue weighted by Crippen LogP contribution is -2.23. The average Bonchev–Trinajstić information content (AvgIpc) is 3.04. The third-order valence-corrected chi connectivity index (χ3v) is 5.34. The summed E-state index contributed by atoms with van der Waals surface area (Å²) in [6.07, 6.45) is 12.3. The standard InChI is InChI=1S/C22H24ClN3O/c1-27-20-10-6-5-7-16(20)11-13-19-22(24-18-8-3-2-4-9-18)26-15-17(23)12-14-21(26)25-19/h5-7,10-15,18,24H,2-4,8-9H2,1H3. The number of anilines is 1. The Morgan fingerprint density at radius 2 is 1.93 bits per heavy atom. The number of benzene rings is 1. The number of fused-ring (bicyclic) bond motifs is 1. The summed E-state index contributed by atoms with van der Waals surface area (Å²) in [5.74, 6) is 1.85. The van der Waals surface area contributed by atoms with Gasteiger partial charge in [-0.25, -0.2) is 4.98 Å². The summed E-state index contributed by atoms with van der Waals surface area (Å²) >= 11 is 6.24. The molecule has 1 aliphatic carbocycles. The van der Waals surface area contributed by atoms with Crippen LogP contribution in [0.25, 0.3) is 17.8 Å². The Hall–Kier alpha value is -2.46. The number of halogens is 1. The smallest absolute Gasteiger partial charge is 0.139 e. The molecule has 2 heterocycles. The molecule has 0 amide bonds. The first-order valence-corrected chi connectivity index (χ1v) is 9.87. The van der Waals surface area contributed by atoms with Crippen molar-refractivity contribution in [3.63, 3.8) is 0 Å². The number of ether oxygens (including phenoxy) is 1. The number of imidazole rings is 1. The van der Waals surface area contributed by atoms with Crippen LogP contribution in [0.1, 0.15) is 43.4 Å². The number of hydrogen-bond donors (Lipinski definition) is 1. The maximum atomic E-state index is 6.24. The number of para-hydroxylation sites is 1. The molecule has 1 aromatic carbocycles.